The molecule has 6 heteroatoms. The van der Waals surface area contributed by atoms with Crippen LogP contribution in [0.5, 0.6) is 0 Å². The van der Waals surface area contributed by atoms with E-state index in [1.807, 2.05) is 0 Å². The van der Waals surface area contributed by atoms with Gasteiger partial charge in [0.1, 0.15) is 11.6 Å². The van der Waals surface area contributed by atoms with Gasteiger partial charge in [0.25, 0.3) is 5.78 Å². The number of aromatic amines is 1. The van der Waals surface area contributed by atoms with E-state index < -0.39 is 17.5 Å². The summed E-state index contributed by atoms with van der Waals surface area (Å²) in [5.41, 5.74) is 1.92. The van der Waals surface area contributed by atoms with Gasteiger partial charge in [-0.25, -0.2) is 9.18 Å². The van der Waals surface area contributed by atoms with Crippen molar-refractivity contribution in [1.82, 2.24) is 4.98 Å². The minimum Gasteiger partial charge on any atom is -0.506 e. The smallest absolute Gasteiger partial charge is 0.376 e. The summed E-state index contributed by atoms with van der Waals surface area (Å²) < 4.78 is 12.8. The van der Waals surface area contributed by atoms with E-state index in [1.54, 1.807) is 24.4 Å². The number of carbonyl (C=O) groups excluding carboxylic acids is 1. The van der Waals surface area contributed by atoms with Crippen LogP contribution in [0.3, 0.4) is 0 Å². The van der Waals surface area contributed by atoms with Crippen molar-refractivity contribution in [2.45, 2.75) is 6.42 Å². The number of halogens is 1. The lowest BCUT2D eigenvalue weighted by molar-refractivity contribution is -0.146. The Morgan fingerprint density at radius 3 is 2.43 bits per heavy atom. The van der Waals surface area contributed by atoms with Crippen molar-refractivity contribution >= 4 is 17.5 Å². The van der Waals surface area contributed by atoms with Crippen LogP contribution in [0, 0.1) is 5.82 Å². The number of carboxylic acids is 1. The molecule has 0 spiro atoms. The molecule has 108 valence electrons. The topological polar surface area (TPSA) is 90.4 Å². The standard InChI is InChI=1S/C15H12FNO4/c16-11-3-1-9(2-4-11)5-10-6-12(17-8-10)13(18)7-14(19)15(20)21/h1-4,6-8,17-18H,5H2,(H,20,21)/b13-7-. The molecule has 0 unspecified atom stereocenters. The van der Waals surface area contributed by atoms with E-state index >= 15 is 0 Å². The fourth-order valence-electron chi connectivity index (χ4n) is 1.79. The first-order valence-corrected chi connectivity index (χ1v) is 6.05. The molecule has 2 aromatic rings. The first-order valence-electron chi connectivity index (χ1n) is 6.05. The van der Waals surface area contributed by atoms with Gasteiger partial charge in [-0.3, -0.25) is 4.79 Å². The van der Waals surface area contributed by atoms with Gasteiger partial charge < -0.3 is 15.2 Å². The number of hydrogen-bond acceptors (Lipinski definition) is 3. The number of carboxylic acid groups (broad SMARTS) is 1. The summed E-state index contributed by atoms with van der Waals surface area (Å²) in [7, 11) is 0. The van der Waals surface area contributed by atoms with Crippen LogP contribution in [0.4, 0.5) is 4.39 Å². The van der Waals surface area contributed by atoms with Gasteiger partial charge in [-0.1, -0.05) is 12.1 Å². The molecule has 0 saturated heterocycles. The minimum absolute atomic E-state index is 0.238. The highest BCUT2D eigenvalue weighted by molar-refractivity contribution is 6.38. The number of aliphatic hydroxyl groups excluding tert-OH is 1. The molecule has 0 saturated carbocycles. The largest absolute Gasteiger partial charge is 0.506 e. The highest BCUT2D eigenvalue weighted by atomic mass is 19.1. The van der Waals surface area contributed by atoms with Gasteiger partial charge in [0.2, 0.25) is 0 Å². The molecule has 5 nitrogen and oxygen atoms in total. The zero-order valence-electron chi connectivity index (χ0n) is 10.8. The second kappa shape index (κ2) is 6.04. The summed E-state index contributed by atoms with van der Waals surface area (Å²) in [5, 5.41) is 18.1. The lowest BCUT2D eigenvalue weighted by Crippen LogP contribution is -2.09. The van der Waals surface area contributed by atoms with E-state index in [0.29, 0.717) is 12.5 Å². The maximum atomic E-state index is 12.8. The van der Waals surface area contributed by atoms with E-state index in [2.05, 4.69) is 4.98 Å². The van der Waals surface area contributed by atoms with Crippen molar-refractivity contribution in [3.8, 4) is 0 Å². The molecule has 1 heterocycles. The van der Waals surface area contributed by atoms with Crippen LogP contribution in [0.15, 0.2) is 42.6 Å². The SMILES string of the molecule is O=C(O)C(=O)/C=C(\O)c1cc(Cc2ccc(F)cc2)c[nH]1. The molecule has 0 radical (unpaired) electrons. The Hall–Kier alpha value is -2.89. The number of carbonyl (C=O) groups is 2. The van der Waals surface area contributed by atoms with Crippen LogP contribution in [-0.2, 0) is 16.0 Å². The fraction of sp³-hybridized carbons (Fsp3) is 0.0667. The Labute approximate surface area is 119 Å². The zero-order chi connectivity index (χ0) is 15.4. The number of aliphatic hydroxyl groups is 1. The number of aliphatic carboxylic acids is 1. The van der Waals surface area contributed by atoms with Gasteiger partial charge in [-0.15, -0.1) is 0 Å². The number of ketones is 1. The molecule has 1 aromatic heterocycles. The summed E-state index contributed by atoms with van der Waals surface area (Å²) >= 11 is 0. The summed E-state index contributed by atoms with van der Waals surface area (Å²) in [5.74, 6) is -3.61. The normalized spacial score (nSPS) is 11.4. The molecular formula is C15H12FNO4. The molecule has 1 aromatic carbocycles. The van der Waals surface area contributed by atoms with E-state index in [9.17, 15) is 19.1 Å². The van der Waals surface area contributed by atoms with Crippen molar-refractivity contribution < 1.29 is 24.2 Å². The summed E-state index contributed by atoms with van der Waals surface area (Å²) in [4.78, 5) is 24.1. The van der Waals surface area contributed by atoms with E-state index in [-0.39, 0.29) is 11.5 Å². The molecule has 0 fully saturated rings. The fourth-order valence-corrected chi connectivity index (χ4v) is 1.79. The Morgan fingerprint density at radius 1 is 1.14 bits per heavy atom. The predicted octanol–water partition coefficient (Wildman–Crippen LogP) is 2.30. The van der Waals surface area contributed by atoms with E-state index in [1.165, 1.54) is 12.1 Å². The van der Waals surface area contributed by atoms with E-state index in [4.69, 9.17) is 5.11 Å². The van der Waals surface area contributed by atoms with Gasteiger partial charge in [0, 0.05) is 12.3 Å². The van der Waals surface area contributed by atoms with Crippen molar-refractivity contribution in [3.63, 3.8) is 0 Å². The van der Waals surface area contributed by atoms with Crippen LogP contribution in [0.1, 0.15) is 16.8 Å². The predicted molar refractivity (Wildman–Crippen MR) is 73.2 cm³/mol. The molecule has 0 amide bonds. The van der Waals surface area contributed by atoms with Crippen molar-refractivity contribution in [3.05, 3.63) is 65.2 Å². The highest BCUT2D eigenvalue weighted by Gasteiger charge is 2.11. The van der Waals surface area contributed by atoms with Gasteiger partial charge in [0.15, 0.2) is 0 Å². The average molecular weight is 289 g/mol. The first-order chi connectivity index (χ1) is 9.95. The quantitative estimate of drug-likeness (QED) is 0.447. The second-order valence-electron chi connectivity index (χ2n) is 4.42. The van der Waals surface area contributed by atoms with Crippen molar-refractivity contribution in [2.75, 3.05) is 0 Å². The molecule has 0 aliphatic rings. The molecule has 0 aliphatic heterocycles. The van der Waals surface area contributed by atoms with Crippen LogP contribution in [0.2, 0.25) is 0 Å². The van der Waals surface area contributed by atoms with Crippen LogP contribution in [-0.4, -0.2) is 26.9 Å². The molecule has 21 heavy (non-hydrogen) atoms. The minimum atomic E-state index is -1.64. The van der Waals surface area contributed by atoms with Crippen LogP contribution >= 0.6 is 0 Å². The third-order valence-electron chi connectivity index (χ3n) is 2.82. The number of rotatable bonds is 5. The van der Waals surface area contributed by atoms with Crippen LogP contribution in [0.25, 0.3) is 5.76 Å². The van der Waals surface area contributed by atoms with E-state index in [0.717, 1.165) is 11.1 Å². The molecular weight excluding hydrogens is 277 g/mol. The van der Waals surface area contributed by atoms with Crippen molar-refractivity contribution in [1.29, 1.82) is 0 Å². The average Bonchev–Trinajstić information content (AvgIpc) is 2.90. The second-order valence-corrected chi connectivity index (χ2v) is 4.42. The van der Waals surface area contributed by atoms with Gasteiger partial charge in [-0.2, -0.15) is 0 Å². The first kappa shape index (κ1) is 14.5. The number of aromatic nitrogens is 1. The Balaban J connectivity index is 2.12. The molecule has 0 bridgehead atoms. The lowest BCUT2D eigenvalue weighted by atomic mass is 10.1. The maximum Gasteiger partial charge on any atom is 0.376 e. The van der Waals surface area contributed by atoms with Gasteiger partial charge in [-0.05, 0) is 35.7 Å². The Morgan fingerprint density at radius 2 is 1.81 bits per heavy atom. The molecule has 2 rings (SSSR count). The number of H-pyrrole nitrogens is 1. The number of nitrogens with one attached hydrogen (secondary N) is 1. The third-order valence-corrected chi connectivity index (χ3v) is 2.82. The Bertz CT molecular complexity index is 701. The molecule has 3 N–H and O–H groups in total. The highest BCUT2D eigenvalue weighted by Crippen LogP contribution is 2.15. The maximum absolute atomic E-state index is 12.8. The van der Waals surface area contributed by atoms with Gasteiger partial charge in [0.05, 0.1) is 5.69 Å². The summed E-state index contributed by atoms with van der Waals surface area (Å²) in [6, 6.07) is 7.58. The Kier molecular flexibility index (Phi) is 4.18. The van der Waals surface area contributed by atoms with Crippen LogP contribution < -0.4 is 0 Å². The summed E-state index contributed by atoms with van der Waals surface area (Å²) in [6.07, 6.45) is 2.76. The zero-order valence-corrected chi connectivity index (χ0v) is 10.8. The lowest BCUT2D eigenvalue weighted by Gasteiger charge is -1.98. The summed E-state index contributed by atoms with van der Waals surface area (Å²) in [6.45, 7) is 0. The number of benzene rings is 1. The third kappa shape index (κ3) is 3.79. The molecule has 0 aliphatic carbocycles. The van der Waals surface area contributed by atoms with Crippen molar-refractivity contribution in [2.24, 2.45) is 0 Å². The van der Waals surface area contributed by atoms with Gasteiger partial charge >= 0.3 is 5.97 Å². The number of hydrogen-bond donors (Lipinski definition) is 3. The molecule has 0 atom stereocenters. The monoisotopic (exact) mass is 289 g/mol.